The number of carbonyl (C=O) groups is 2. The Morgan fingerprint density at radius 2 is 1.21 bits per heavy atom. The molecule has 1 aliphatic rings. The Morgan fingerprint density at radius 3 is 1.68 bits per heavy atom. The standard InChI is InChI=1S/C26H36N4O6S2/c1-18-6-10-21(11-7-18)37(33,34)29-23(31)27-17-26(5)15-20(14-25(3,4)16-26)28-24(32)30-38(35,36)22-12-8-19(2)9-13-22/h6-13,20H,14-17H2,1-5H3,(H2,27,29,31)(H2,28,30,32). The van der Waals surface area contributed by atoms with E-state index in [-0.39, 0.29) is 27.8 Å². The van der Waals surface area contributed by atoms with E-state index in [2.05, 4.69) is 15.4 Å². The Bertz CT molecular complexity index is 1390. The lowest BCUT2D eigenvalue weighted by Crippen LogP contribution is -2.53. The van der Waals surface area contributed by atoms with Crippen molar-refractivity contribution in [3.63, 3.8) is 0 Å². The topological polar surface area (TPSA) is 151 Å². The lowest BCUT2D eigenvalue weighted by atomic mass is 9.62. The van der Waals surface area contributed by atoms with Crippen LogP contribution in [-0.2, 0) is 20.0 Å². The van der Waals surface area contributed by atoms with Gasteiger partial charge in [-0.25, -0.2) is 35.9 Å². The van der Waals surface area contributed by atoms with Crippen molar-refractivity contribution in [3.05, 3.63) is 59.7 Å². The summed E-state index contributed by atoms with van der Waals surface area (Å²) in [5.41, 5.74) is 1.07. The molecule has 2 unspecified atom stereocenters. The molecule has 0 spiro atoms. The second kappa shape index (κ2) is 10.9. The Morgan fingerprint density at radius 1 is 0.763 bits per heavy atom. The zero-order valence-corrected chi connectivity index (χ0v) is 23.9. The van der Waals surface area contributed by atoms with Crippen LogP contribution in [0.5, 0.6) is 0 Å². The van der Waals surface area contributed by atoms with E-state index in [0.29, 0.717) is 19.3 Å². The van der Waals surface area contributed by atoms with Crippen LogP contribution < -0.4 is 20.1 Å². The van der Waals surface area contributed by atoms with Crippen molar-refractivity contribution in [2.75, 3.05) is 6.54 Å². The van der Waals surface area contributed by atoms with Crippen molar-refractivity contribution in [3.8, 4) is 0 Å². The van der Waals surface area contributed by atoms with Crippen LogP contribution in [0, 0.1) is 24.7 Å². The van der Waals surface area contributed by atoms with E-state index >= 15 is 0 Å². The van der Waals surface area contributed by atoms with E-state index in [4.69, 9.17) is 0 Å². The number of urea groups is 2. The Labute approximate surface area is 225 Å². The third kappa shape index (κ3) is 7.94. The molecule has 2 atom stereocenters. The van der Waals surface area contributed by atoms with Crippen LogP contribution in [0.3, 0.4) is 0 Å². The molecule has 3 rings (SSSR count). The van der Waals surface area contributed by atoms with E-state index < -0.39 is 37.5 Å². The number of rotatable bonds is 7. The second-order valence-corrected chi connectivity index (χ2v) is 14.6. The minimum absolute atomic E-state index is 0.0112. The SMILES string of the molecule is Cc1ccc(S(=O)(=O)NC(=O)NCC2(C)CC(NC(=O)NS(=O)(=O)c3ccc(C)cc3)CC(C)(C)C2)cc1. The van der Waals surface area contributed by atoms with Gasteiger partial charge in [0, 0.05) is 12.6 Å². The average molecular weight is 565 g/mol. The zero-order chi connectivity index (χ0) is 28.4. The molecule has 0 bridgehead atoms. The number of hydrogen-bond donors (Lipinski definition) is 4. The van der Waals surface area contributed by atoms with Crippen molar-refractivity contribution < 1.29 is 26.4 Å². The molecule has 4 amide bonds. The number of aryl methyl sites for hydroxylation is 2. The van der Waals surface area contributed by atoms with Gasteiger partial charge in [-0.1, -0.05) is 56.2 Å². The van der Waals surface area contributed by atoms with Gasteiger partial charge in [0.05, 0.1) is 9.79 Å². The van der Waals surface area contributed by atoms with E-state index in [1.54, 1.807) is 24.3 Å². The van der Waals surface area contributed by atoms with Crippen molar-refractivity contribution in [1.29, 1.82) is 0 Å². The van der Waals surface area contributed by atoms with Crippen molar-refractivity contribution in [2.24, 2.45) is 10.8 Å². The molecule has 2 aromatic rings. The van der Waals surface area contributed by atoms with Crippen molar-refractivity contribution in [2.45, 2.75) is 69.7 Å². The highest BCUT2D eigenvalue weighted by atomic mass is 32.2. The quantitative estimate of drug-likeness (QED) is 0.404. The fraction of sp³-hybridized carbons (Fsp3) is 0.462. The van der Waals surface area contributed by atoms with Crippen LogP contribution >= 0.6 is 0 Å². The molecule has 10 nitrogen and oxygen atoms in total. The maximum atomic E-state index is 12.6. The number of hydrogen-bond acceptors (Lipinski definition) is 6. The van der Waals surface area contributed by atoms with Crippen molar-refractivity contribution in [1.82, 2.24) is 20.1 Å². The molecule has 0 heterocycles. The van der Waals surface area contributed by atoms with Gasteiger partial charge in [-0.3, -0.25) is 0 Å². The molecule has 1 aliphatic carbocycles. The number of nitrogens with one attached hydrogen (secondary N) is 4. The summed E-state index contributed by atoms with van der Waals surface area (Å²) in [4.78, 5) is 25.1. The summed E-state index contributed by atoms with van der Waals surface area (Å²) in [5, 5.41) is 5.42. The van der Waals surface area contributed by atoms with Crippen molar-refractivity contribution >= 4 is 32.1 Å². The average Bonchev–Trinajstić information content (AvgIpc) is 2.76. The third-order valence-electron chi connectivity index (χ3n) is 6.57. The van der Waals surface area contributed by atoms with Gasteiger partial charge in [-0.15, -0.1) is 0 Å². The molecule has 4 N–H and O–H groups in total. The largest absolute Gasteiger partial charge is 0.337 e. The number of amides is 4. The fourth-order valence-electron chi connectivity index (χ4n) is 5.21. The summed E-state index contributed by atoms with van der Waals surface area (Å²) in [6.45, 7) is 9.83. The molecule has 12 heteroatoms. The minimum Gasteiger partial charge on any atom is -0.337 e. The number of benzene rings is 2. The molecule has 0 aliphatic heterocycles. The maximum Gasteiger partial charge on any atom is 0.328 e. The fourth-order valence-corrected chi connectivity index (χ4v) is 7.06. The third-order valence-corrected chi connectivity index (χ3v) is 9.26. The van der Waals surface area contributed by atoms with Gasteiger partial charge < -0.3 is 10.6 Å². The summed E-state index contributed by atoms with van der Waals surface area (Å²) in [5.74, 6) is 0. The lowest BCUT2D eigenvalue weighted by Gasteiger charge is -2.46. The zero-order valence-electron chi connectivity index (χ0n) is 22.3. The summed E-state index contributed by atoms with van der Waals surface area (Å²) in [7, 11) is -8.06. The summed E-state index contributed by atoms with van der Waals surface area (Å²) in [6, 6.07) is 10.3. The molecule has 2 aromatic carbocycles. The Kier molecular flexibility index (Phi) is 8.47. The van der Waals surface area contributed by atoms with Gasteiger partial charge in [-0.2, -0.15) is 0 Å². The van der Waals surface area contributed by atoms with Crippen LogP contribution in [0.2, 0.25) is 0 Å². The van der Waals surface area contributed by atoms with E-state index in [0.717, 1.165) is 11.1 Å². The first-order valence-corrected chi connectivity index (χ1v) is 15.2. The predicted octanol–water partition coefficient (Wildman–Crippen LogP) is 3.56. The molecule has 208 valence electrons. The van der Waals surface area contributed by atoms with Gasteiger partial charge in [0.2, 0.25) is 0 Å². The van der Waals surface area contributed by atoms with Gasteiger partial charge >= 0.3 is 12.1 Å². The summed E-state index contributed by atoms with van der Waals surface area (Å²) >= 11 is 0. The predicted molar refractivity (Wildman–Crippen MR) is 144 cm³/mol. The molecular formula is C26H36N4O6S2. The molecule has 1 fully saturated rings. The highest BCUT2D eigenvalue weighted by Gasteiger charge is 2.42. The molecule has 0 aromatic heterocycles. The van der Waals surface area contributed by atoms with Crippen LogP contribution in [0.15, 0.2) is 58.3 Å². The maximum absolute atomic E-state index is 12.6. The normalized spacial score (nSPS) is 21.2. The molecule has 1 saturated carbocycles. The second-order valence-electron chi connectivity index (χ2n) is 11.3. The first kappa shape index (κ1) is 29.4. The molecule has 0 saturated heterocycles. The Hall–Kier alpha value is -3.12. The van der Waals surface area contributed by atoms with Gasteiger partial charge in [-0.05, 0) is 68.2 Å². The monoisotopic (exact) mass is 564 g/mol. The van der Waals surface area contributed by atoms with Crippen LogP contribution in [0.25, 0.3) is 0 Å². The molecular weight excluding hydrogens is 528 g/mol. The molecule has 38 heavy (non-hydrogen) atoms. The first-order chi connectivity index (χ1) is 17.5. The highest BCUT2D eigenvalue weighted by Crippen LogP contribution is 2.45. The minimum atomic E-state index is -4.03. The highest BCUT2D eigenvalue weighted by molar-refractivity contribution is 7.90. The molecule has 0 radical (unpaired) electrons. The van der Waals surface area contributed by atoms with Gasteiger partial charge in [0.15, 0.2) is 0 Å². The van der Waals surface area contributed by atoms with Crippen LogP contribution in [0.4, 0.5) is 9.59 Å². The van der Waals surface area contributed by atoms with Gasteiger partial charge in [0.25, 0.3) is 20.0 Å². The lowest BCUT2D eigenvalue weighted by molar-refractivity contribution is 0.0754. The van der Waals surface area contributed by atoms with Crippen LogP contribution in [0.1, 0.15) is 51.2 Å². The number of carbonyl (C=O) groups excluding carboxylic acids is 2. The first-order valence-electron chi connectivity index (χ1n) is 12.3. The van der Waals surface area contributed by atoms with E-state index in [9.17, 15) is 26.4 Å². The van der Waals surface area contributed by atoms with Crippen LogP contribution in [-0.4, -0.2) is 41.5 Å². The van der Waals surface area contributed by atoms with E-state index in [1.807, 2.05) is 39.3 Å². The smallest absolute Gasteiger partial charge is 0.328 e. The number of sulfonamides is 2. The van der Waals surface area contributed by atoms with E-state index in [1.165, 1.54) is 24.3 Å². The van der Waals surface area contributed by atoms with Gasteiger partial charge in [0.1, 0.15) is 0 Å². The Balaban J connectivity index is 1.61. The summed E-state index contributed by atoms with van der Waals surface area (Å²) in [6.07, 6.45) is 1.76. The summed E-state index contributed by atoms with van der Waals surface area (Å²) < 4.78 is 54.3.